The third kappa shape index (κ3) is 2.40. The number of aryl methyl sites for hydroxylation is 1. The van der Waals surface area contributed by atoms with E-state index in [0.29, 0.717) is 0 Å². The van der Waals surface area contributed by atoms with Gasteiger partial charge in [0.05, 0.1) is 11.1 Å². The quantitative estimate of drug-likeness (QED) is 0.778. The summed E-state index contributed by atoms with van der Waals surface area (Å²) in [6.07, 6.45) is 3.65. The molecule has 3 heteroatoms. The Bertz CT molecular complexity index is 657. The van der Waals surface area contributed by atoms with Gasteiger partial charge in [0, 0.05) is 18.5 Å². The highest BCUT2D eigenvalue weighted by atomic mass is 16.1. The Labute approximate surface area is 119 Å². The van der Waals surface area contributed by atoms with Crippen LogP contribution in [0.4, 0.5) is 5.82 Å². The lowest BCUT2D eigenvalue weighted by Crippen LogP contribution is -2.31. The van der Waals surface area contributed by atoms with Crippen molar-refractivity contribution < 1.29 is 4.79 Å². The van der Waals surface area contributed by atoms with Crippen LogP contribution in [-0.2, 0) is 0 Å². The van der Waals surface area contributed by atoms with Crippen LogP contribution >= 0.6 is 0 Å². The van der Waals surface area contributed by atoms with Crippen LogP contribution in [-0.4, -0.2) is 23.9 Å². The Morgan fingerprint density at radius 3 is 2.60 bits per heavy atom. The maximum atomic E-state index is 12.0. The molecule has 1 aromatic heterocycles. The highest BCUT2D eigenvalue weighted by molar-refractivity contribution is 6.02. The minimum Gasteiger partial charge on any atom is -0.356 e. The zero-order valence-electron chi connectivity index (χ0n) is 12.1. The molecule has 0 atom stereocenters. The number of benzene rings is 1. The maximum Gasteiger partial charge on any atom is 0.163 e. The van der Waals surface area contributed by atoms with E-state index in [1.807, 2.05) is 12.1 Å². The summed E-state index contributed by atoms with van der Waals surface area (Å²) in [5.41, 5.74) is 2.92. The Balaban J connectivity index is 2.15. The molecule has 0 bridgehead atoms. The fourth-order valence-electron chi connectivity index (χ4n) is 2.89. The van der Waals surface area contributed by atoms with Crippen LogP contribution in [0.5, 0.6) is 0 Å². The zero-order valence-corrected chi connectivity index (χ0v) is 12.1. The molecule has 0 radical (unpaired) electrons. The number of aromatic nitrogens is 1. The number of hydrogen-bond donors (Lipinski definition) is 0. The zero-order chi connectivity index (χ0) is 14.1. The van der Waals surface area contributed by atoms with Gasteiger partial charge in [-0.2, -0.15) is 0 Å². The van der Waals surface area contributed by atoms with E-state index in [0.717, 1.165) is 35.4 Å². The van der Waals surface area contributed by atoms with Gasteiger partial charge in [-0.15, -0.1) is 0 Å². The second kappa shape index (κ2) is 5.23. The van der Waals surface area contributed by atoms with Crippen LogP contribution < -0.4 is 4.90 Å². The molecule has 2 heterocycles. The van der Waals surface area contributed by atoms with Crippen molar-refractivity contribution in [3.05, 3.63) is 35.4 Å². The summed E-state index contributed by atoms with van der Waals surface area (Å²) < 4.78 is 0. The average molecular weight is 268 g/mol. The van der Waals surface area contributed by atoms with Crippen LogP contribution in [0, 0.1) is 6.92 Å². The first-order chi connectivity index (χ1) is 9.65. The molecule has 0 amide bonds. The molecule has 20 heavy (non-hydrogen) atoms. The highest BCUT2D eigenvalue weighted by Crippen LogP contribution is 2.27. The van der Waals surface area contributed by atoms with Gasteiger partial charge in [0.1, 0.15) is 5.82 Å². The lowest BCUT2D eigenvalue weighted by Gasteiger charge is -2.29. The molecule has 3 nitrogen and oxygen atoms in total. The van der Waals surface area contributed by atoms with E-state index in [1.54, 1.807) is 6.92 Å². The molecule has 1 aliphatic rings. The molecule has 1 saturated heterocycles. The smallest absolute Gasteiger partial charge is 0.163 e. The van der Waals surface area contributed by atoms with Crippen LogP contribution in [0.2, 0.25) is 0 Å². The predicted octanol–water partition coefficient (Wildman–Crippen LogP) is 3.74. The Kier molecular flexibility index (Phi) is 3.43. The minimum atomic E-state index is 0.0986. The molecule has 0 unspecified atom stereocenters. The monoisotopic (exact) mass is 268 g/mol. The normalized spacial score (nSPS) is 15.6. The van der Waals surface area contributed by atoms with Crippen LogP contribution in [0.15, 0.2) is 24.3 Å². The summed E-state index contributed by atoms with van der Waals surface area (Å²) in [7, 11) is 0. The number of pyridine rings is 1. The highest BCUT2D eigenvalue weighted by Gasteiger charge is 2.19. The first-order valence-electron chi connectivity index (χ1n) is 7.32. The second-order valence-corrected chi connectivity index (χ2v) is 5.66. The van der Waals surface area contributed by atoms with Crippen LogP contribution in [0.1, 0.15) is 42.1 Å². The molecular formula is C17H20N2O. The Hall–Kier alpha value is -1.90. The van der Waals surface area contributed by atoms with Gasteiger partial charge < -0.3 is 4.90 Å². The molecular weight excluding hydrogens is 248 g/mol. The van der Waals surface area contributed by atoms with Gasteiger partial charge in [0.25, 0.3) is 0 Å². The van der Waals surface area contributed by atoms with Crippen LogP contribution in [0.25, 0.3) is 10.9 Å². The molecule has 3 rings (SSSR count). The van der Waals surface area contributed by atoms with Crippen molar-refractivity contribution in [3.8, 4) is 0 Å². The fraction of sp³-hybridized carbons (Fsp3) is 0.412. The summed E-state index contributed by atoms with van der Waals surface area (Å²) >= 11 is 0. The Morgan fingerprint density at radius 2 is 1.90 bits per heavy atom. The first kappa shape index (κ1) is 13.1. The van der Waals surface area contributed by atoms with Gasteiger partial charge in [-0.1, -0.05) is 11.6 Å². The van der Waals surface area contributed by atoms with Gasteiger partial charge in [-0.25, -0.2) is 4.98 Å². The van der Waals surface area contributed by atoms with E-state index in [2.05, 4.69) is 24.0 Å². The number of piperidine rings is 1. The van der Waals surface area contributed by atoms with Crippen molar-refractivity contribution in [2.75, 3.05) is 18.0 Å². The summed E-state index contributed by atoms with van der Waals surface area (Å²) in [4.78, 5) is 19.0. The number of ketones is 1. The SMILES string of the molecule is CC(=O)c1cc2cc(C)ccc2nc1N1CCCCC1. The molecule has 0 N–H and O–H groups in total. The second-order valence-electron chi connectivity index (χ2n) is 5.66. The maximum absolute atomic E-state index is 12.0. The molecule has 1 aromatic carbocycles. The summed E-state index contributed by atoms with van der Waals surface area (Å²) in [6.45, 7) is 5.70. The third-order valence-electron chi connectivity index (χ3n) is 3.99. The minimum absolute atomic E-state index is 0.0986. The van der Waals surface area contributed by atoms with Crippen molar-refractivity contribution in [3.63, 3.8) is 0 Å². The Morgan fingerprint density at radius 1 is 1.15 bits per heavy atom. The van der Waals surface area contributed by atoms with Crippen molar-refractivity contribution in [1.82, 2.24) is 4.98 Å². The largest absolute Gasteiger partial charge is 0.356 e. The number of carbonyl (C=O) groups excluding carboxylic acids is 1. The van der Waals surface area contributed by atoms with Gasteiger partial charge in [-0.05, 0) is 51.3 Å². The van der Waals surface area contributed by atoms with E-state index in [9.17, 15) is 4.79 Å². The predicted molar refractivity (Wildman–Crippen MR) is 82.5 cm³/mol. The number of fused-ring (bicyclic) bond motifs is 1. The number of rotatable bonds is 2. The number of Topliss-reactive ketones (excluding diaryl/α,β-unsaturated/α-hetero) is 1. The van der Waals surface area contributed by atoms with Gasteiger partial charge >= 0.3 is 0 Å². The molecule has 1 fully saturated rings. The number of anilines is 1. The van der Waals surface area contributed by atoms with E-state index in [-0.39, 0.29) is 5.78 Å². The summed E-state index contributed by atoms with van der Waals surface area (Å²) in [5.74, 6) is 0.968. The van der Waals surface area contributed by atoms with Gasteiger partial charge in [0.15, 0.2) is 5.78 Å². The lowest BCUT2D eigenvalue weighted by atomic mass is 10.0. The van der Waals surface area contributed by atoms with Gasteiger partial charge in [0.2, 0.25) is 0 Å². The van der Waals surface area contributed by atoms with E-state index in [4.69, 9.17) is 4.98 Å². The van der Waals surface area contributed by atoms with Crippen molar-refractivity contribution in [2.45, 2.75) is 33.1 Å². The molecule has 0 saturated carbocycles. The first-order valence-corrected chi connectivity index (χ1v) is 7.32. The molecule has 0 aliphatic carbocycles. The molecule has 0 spiro atoms. The van der Waals surface area contributed by atoms with E-state index in [1.165, 1.54) is 24.8 Å². The van der Waals surface area contributed by atoms with Gasteiger partial charge in [-0.3, -0.25) is 4.79 Å². The molecule has 104 valence electrons. The third-order valence-corrected chi connectivity index (χ3v) is 3.99. The summed E-state index contributed by atoms with van der Waals surface area (Å²) in [6, 6.07) is 8.21. The number of carbonyl (C=O) groups is 1. The van der Waals surface area contributed by atoms with E-state index < -0.39 is 0 Å². The number of nitrogens with zero attached hydrogens (tertiary/aromatic N) is 2. The fourth-order valence-corrected chi connectivity index (χ4v) is 2.89. The lowest BCUT2D eigenvalue weighted by molar-refractivity contribution is 0.101. The van der Waals surface area contributed by atoms with Crippen molar-refractivity contribution in [1.29, 1.82) is 0 Å². The van der Waals surface area contributed by atoms with Crippen LogP contribution in [0.3, 0.4) is 0 Å². The molecule has 2 aromatic rings. The topological polar surface area (TPSA) is 33.2 Å². The summed E-state index contributed by atoms with van der Waals surface area (Å²) in [5, 5.41) is 1.05. The standard InChI is InChI=1S/C17H20N2O/c1-12-6-7-16-14(10-12)11-15(13(2)20)17(18-16)19-8-4-3-5-9-19/h6-7,10-11H,3-5,8-9H2,1-2H3. The number of hydrogen-bond acceptors (Lipinski definition) is 3. The molecule has 1 aliphatic heterocycles. The van der Waals surface area contributed by atoms with Crippen molar-refractivity contribution in [2.24, 2.45) is 0 Å². The van der Waals surface area contributed by atoms with Crippen molar-refractivity contribution >= 4 is 22.5 Å². The average Bonchev–Trinajstić information content (AvgIpc) is 2.46. The van der Waals surface area contributed by atoms with E-state index >= 15 is 0 Å².